The van der Waals surface area contributed by atoms with Crippen LogP contribution in [0.3, 0.4) is 0 Å². The van der Waals surface area contributed by atoms with Gasteiger partial charge < -0.3 is 10.4 Å². The Morgan fingerprint density at radius 3 is 2.80 bits per heavy atom. The number of carbonyl (C=O) groups is 1. The lowest BCUT2D eigenvalue weighted by Crippen LogP contribution is -2.34. The third-order valence-corrected chi connectivity index (χ3v) is 4.83. The SMILES string of the molecule is CC1(C(=O)Nc2ccc(C#CCCO)cc2)CCCS1. The zero-order chi connectivity index (χ0) is 14.4. The Bertz CT molecular complexity index is 522. The molecule has 1 saturated heterocycles. The van der Waals surface area contributed by atoms with Crippen LogP contribution >= 0.6 is 11.8 Å². The number of nitrogens with one attached hydrogen (secondary N) is 1. The Morgan fingerprint density at radius 1 is 1.45 bits per heavy atom. The fourth-order valence-electron chi connectivity index (χ4n) is 2.08. The molecule has 1 amide bonds. The minimum Gasteiger partial charge on any atom is -0.395 e. The average Bonchev–Trinajstić information content (AvgIpc) is 2.89. The normalized spacial score (nSPS) is 21.1. The molecular formula is C16H19NO2S. The predicted molar refractivity (Wildman–Crippen MR) is 83.7 cm³/mol. The van der Waals surface area contributed by atoms with Gasteiger partial charge in [-0.2, -0.15) is 0 Å². The van der Waals surface area contributed by atoms with Crippen molar-refractivity contribution in [2.75, 3.05) is 17.7 Å². The predicted octanol–water partition coefficient (Wildman–Crippen LogP) is 2.64. The van der Waals surface area contributed by atoms with E-state index in [0.29, 0.717) is 6.42 Å². The van der Waals surface area contributed by atoms with Gasteiger partial charge in [-0.3, -0.25) is 4.79 Å². The molecule has 1 aliphatic heterocycles. The second-order valence-corrected chi connectivity index (χ2v) is 6.59. The first-order valence-electron chi connectivity index (χ1n) is 6.79. The lowest BCUT2D eigenvalue weighted by atomic mass is 10.0. The number of hydrogen-bond donors (Lipinski definition) is 2. The molecule has 1 unspecified atom stereocenters. The second kappa shape index (κ2) is 6.83. The minimum absolute atomic E-state index is 0.0807. The lowest BCUT2D eigenvalue weighted by molar-refractivity contribution is -0.118. The van der Waals surface area contributed by atoms with Crippen molar-refractivity contribution in [1.29, 1.82) is 0 Å². The molecule has 2 rings (SSSR count). The molecule has 0 bridgehead atoms. The summed E-state index contributed by atoms with van der Waals surface area (Å²) in [5.41, 5.74) is 1.69. The van der Waals surface area contributed by atoms with Gasteiger partial charge in [-0.1, -0.05) is 11.8 Å². The highest BCUT2D eigenvalue weighted by atomic mass is 32.2. The third kappa shape index (κ3) is 3.78. The number of hydrogen-bond acceptors (Lipinski definition) is 3. The van der Waals surface area contributed by atoms with Gasteiger partial charge in [-0.15, -0.1) is 11.8 Å². The molecule has 0 saturated carbocycles. The van der Waals surface area contributed by atoms with Crippen molar-refractivity contribution in [3.63, 3.8) is 0 Å². The summed E-state index contributed by atoms with van der Waals surface area (Å²) in [4.78, 5) is 12.2. The number of thioether (sulfide) groups is 1. The molecule has 1 aromatic carbocycles. The van der Waals surface area contributed by atoms with Crippen molar-refractivity contribution in [2.45, 2.75) is 30.9 Å². The Labute approximate surface area is 124 Å². The highest BCUT2D eigenvalue weighted by Gasteiger charge is 2.37. The Morgan fingerprint density at radius 2 is 2.20 bits per heavy atom. The van der Waals surface area contributed by atoms with E-state index in [0.717, 1.165) is 29.8 Å². The van der Waals surface area contributed by atoms with E-state index in [1.54, 1.807) is 11.8 Å². The van der Waals surface area contributed by atoms with Crippen LogP contribution in [0.15, 0.2) is 24.3 Å². The fourth-order valence-corrected chi connectivity index (χ4v) is 3.29. The summed E-state index contributed by atoms with van der Waals surface area (Å²) in [7, 11) is 0. The molecule has 0 aromatic heterocycles. The summed E-state index contributed by atoms with van der Waals surface area (Å²) < 4.78 is -0.292. The molecule has 4 heteroatoms. The van der Waals surface area contributed by atoms with E-state index in [1.807, 2.05) is 31.2 Å². The van der Waals surface area contributed by atoms with Gasteiger partial charge in [0, 0.05) is 17.7 Å². The van der Waals surface area contributed by atoms with Crippen molar-refractivity contribution < 1.29 is 9.90 Å². The number of amides is 1. The Hall–Kier alpha value is -1.44. The van der Waals surface area contributed by atoms with Crippen LogP contribution in [0.25, 0.3) is 0 Å². The number of aliphatic hydroxyl groups excluding tert-OH is 1. The summed E-state index contributed by atoms with van der Waals surface area (Å²) >= 11 is 1.73. The maximum Gasteiger partial charge on any atom is 0.240 e. The van der Waals surface area contributed by atoms with Gasteiger partial charge in [0.05, 0.1) is 11.4 Å². The first-order valence-corrected chi connectivity index (χ1v) is 7.78. The van der Waals surface area contributed by atoms with E-state index in [-0.39, 0.29) is 17.3 Å². The zero-order valence-corrected chi connectivity index (χ0v) is 12.4. The lowest BCUT2D eigenvalue weighted by Gasteiger charge is -2.21. The van der Waals surface area contributed by atoms with Crippen LogP contribution < -0.4 is 5.32 Å². The first-order chi connectivity index (χ1) is 9.64. The van der Waals surface area contributed by atoms with Crippen molar-refractivity contribution >= 4 is 23.4 Å². The van der Waals surface area contributed by atoms with Crippen LogP contribution in [0.2, 0.25) is 0 Å². The molecule has 0 aliphatic carbocycles. The van der Waals surface area contributed by atoms with E-state index in [2.05, 4.69) is 17.2 Å². The summed E-state index contributed by atoms with van der Waals surface area (Å²) in [5, 5.41) is 11.6. The van der Waals surface area contributed by atoms with Crippen molar-refractivity contribution in [1.82, 2.24) is 0 Å². The van der Waals surface area contributed by atoms with Crippen molar-refractivity contribution in [3.05, 3.63) is 29.8 Å². The molecule has 106 valence electrons. The van der Waals surface area contributed by atoms with Crippen LogP contribution in [0.5, 0.6) is 0 Å². The average molecular weight is 289 g/mol. The molecule has 1 atom stereocenters. The second-order valence-electron chi connectivity index (χ2n) is 4.99. The molecule has 0 radical (unpaired) electrons. The number of rotatable bonds is 3. The van der Waals surface area contributed by atoms with Gasteiger partial charge in [0.1, 0.15) is 0 Å². The van der Waals surface area contributed by atoms with Crippen LogP contribution in [0.1, 0.15) is 31.7 Å². The first kappa shape index (κ1) is 15.0. The molecule has 0 spiro atoms. The summed E-state index contributed by atoms with van der Waals surface area (Å²) in [6.07, 6.45) is 2.52. The molecule has 1 heterocycles. The molecular weight excluding hydrogens is 270 g/mol. The molecule has 2 N–H and O–H groups in total. The molecule has 1 aromatic rings. The molecule has 1 fully saturated rings. The van der Waals surface area contributed by atoms with Crippen LogP contribution in [0, 0.1) is 11.8 Å². The van der Waals surface area contributed by atoms with Crippen molar-refractivity contribution in [3.8, 4) is 11.8 Å². The number of aliphatic hydroxyl groups is 1. The quantitative estimate of drug-likeness (QED) is 0.841. The molecule has 1 aliphatic rings. The van der Waals surface area contributed by atoms with Gasteiger partial charge >= 0.3 is 0 Å². The molecule has 3 nitrogen and oxygen atoms in total. The summed E-state index contributed by atoms with van der Waals surface area (Å²) in [6.45, 7) is 2.09. The van der Waals surface area contributed by atoms with E-state index >= 15 is 0 Å². The van der Waals surface area contributed by atoms with E-state index in [1.165, 1.54) is 0 Å². The highest BCUT2D eigenvalue weighted by Crippen LogP contribution is 2.38. The van der Waals surface area contributed by atoms with Gasteiger partial charge in [-0.25, -0.2) is 0 Å². The maximum atomic E-state index is 12.2. The van der Waals surface area contributed by atoms with Crippen LogP contribution in [0.4, 0.5) is 5.69 Å². The van der Waals surface area contributed by atoms with E-state index in [4.69, 9.17) is 5.11 Å². The van der Waals surface area contributed by atoms with Crippen LogP contribution in [-0.2, 0) is 4.79 Å². The topological polar surface area (TPSA) is 49.3 Å². The van der Waals surface area contributed by atoms with Crippen molar-refractivity contribution in [2.24, 2.45) is 0 Å². The fraction of sp³-hybridized carbons (Fsp3) is 0.438. The minimum atomic E-state index is -0.292. The summed E-state index contributed by atoms with van der Waals surface area (Å²) in [6, 6.07) is 7.49. The third-order valence-electron chi connectivity index (χ3n) is 3.31. The zero-order valence-electron chi connectivity index (χ0n) is 11.6. The maximum absolute atomic E-state index is 12.2. The number of anilines is 1. The largest absolute Gasteiger partial charge is 0.395 e. The Kier molecular flexibility index (Phi) is 5.11. The monoisotopic (exact) mass is 289 g/mol. The Balaban J connectivity index is 1.97. The number of benzene rings is 1. The van der Waals surface area contributed by atoms with E-state index in [9.17, 15) is 4.79 Å². The van der Waals surface area contributed by atoms with Crippen LogP contribution in [-0.4, -0.2) is 28.1 Å². The van der Waals surface area contributed by atoms with Gasteiger partial charge in [0.2, 0.25) is 5.91 Å². The van der Waals surface area contributed by atoms with Gasteiger partial charge in [0.15, 0.2) is 0 Å². The standard InChI is InChI=1S/C16H19NO2S/c1-16(10-4-12-20-16)15(19)17-14-8-6-13(7-9-14)5-2-3-11-18/h6-9,18H,3-4,10-12H2,1H3,(H,17,19). The summed E-state index contributed by atoms with van der Waals surface area (Å²) in [5.74, 6) is 6.97. The highest BCUT2D eigenvalue weighted by molar-refractivity contribution is 8.01. The van der Waals surface area contributed by atoms with Gasteiger partial charge in [-0.05, 0) is 49.8 Å². The molecule has 20 heavy (non-hydrogen) atoms. The smallest absolute Gasteiger partial charge is 0.240 e. The van der Waals surface area contributed by atoms with Gasteiger partial charge in [0.25, 0.3) is 0 Å². The number of carbonyl (C=O) groups excluding carboxylic acids is 1. The van der Waals surface area contributed by atoms with E-state index < -0.39 is 0 Å².